The molecule has 0 fully saturated rings. The number of para-hydroxylation sites is 1. The van der Waals surface area contributed by atoms with Crippen LogP contribution < -0.4 is 4.74 Å². The van der Waals surface area contributed by atoms with Crippen molar-refractivity contribution in [3.8, 4) is 5.75 Å². The van der Waals surface area contributed by atoms with Crippen LogP contribution in [0.25, 0.3) is 0 Å². The van der Waals surface area contributed by atoms with Crippen LogP contribution in [-0.2, 0) is 0 Å². The number of ether oxygens (including phenoxy) is 1. The summed E-state index contributed by atoms with van der Waals surface area (Å²) < 4.78 is 5.20. The van der Waals surface area contributed by atoms with Crippen molar-refractivity contribution < 1.29 is 19.4 Å². The summed E-state index contributed by atoms with van der Waals surface area (Å²) in [7, 11) is 1.54. The molecule has 4 rings (SSSR count). The van der Waals surface area contributed by atoms with Gasteiger partial charge in [0.15, 0.2) is 0 Å². The maximum atomic E-state index is 13.4. The summed E-state index contributed by atoms with van der Waals surface area (Å²) >= 11 is 0. The van der Waals surface area contributed by atoms with Crippen LogP contribution in [0.2, 0.25) is 0 Å². The molecule has 3 aromatic carbocycles. The fourth-order valence-electron chi connectivity index (χ4n) is 3.69. The van der Waals surface area contributed by atoms with E-state index in [9.17, 15) is 25.0 Å². The Bertz CT molecular complexity index is 1270. The highest BCUT2D eigenvalue weighted by Crippen LogP contribution is 2.36. The summed E-state index contributed by atoms with van der Waals surface area (Å²) in [4.78, 5) is 35.0. The van der Waals surface area contributed by atoms with Crippen molar-refractivity contribution in [3.63, 3.8) is 0 Å². The van der Waals surface area contributed by atoms with E-state index in [2.05, 4.69) is 5.10 Å². The minimum Gasteiger partial charge on any atom is -0.497 e. The molecular weight excluding hydrogens is 428 g/mol. The van der Waals surface area contributed by atoms with Crippen molar-refractivity contribution in [2.75, 3.05) is 7.11 Å². The number of hydrazone groups is 1. The molecular formula is C23H18N4O6. The van der Waals surface area contributed by atoms with Crippen LogP contribution in [0.3, 0.4) is 0 Å². The molecule has 0 N–H and O–H groups in total. The quantitative estimate of drug-likeness (QED) is 0.405. The van der Waals surface area contributed by atoms with Crippen LogP contribution in [0.1, 0.15) is 33.9 Å². The van der Waals surface area contributed by atoms with Gasteiger partial charge in [0, 0.05) is 30.2 Å². The average Bonchev–Trinajstić information content (AvgIpc) is 3.29. The van der Waals surface area contributed by atoms with E-state index in [1.165, 1.54) is 35.3 Å². The van der Waals surface area contributed by atoms with Gasteiger partial charge in [0.2, 0.25) is 0 Å². The van der Waals surface area contributed by atoms with E-state index >= 15 is 0 Å². The second-order valence-corrected chi connectivity index (χ2v) is 7.27. The van der Waals surface area contributed by atoms with Crippen molar-refractivity contribution in [1.29, 1.82) is 0 Å². The zero-order valence-corrected chi connectivity index (χ0v) is 17.5. The standard InChI is InChI=1S/C23H18N4O6/c1-33-18-11-9-15(10-12-18)22-14-20(16-5-4-6-17(13-16)26(29)30)24-25(22)23(28)19-7-2-3-8-21(19)27(31)32/h2-13,22H,14H2,1H3. The lowest BCUT2D eigenvalue weighted by Crippen LogP contribution is -2.27. The Hall–Kier alpha value is -4.60. The van der Waals surface area contributed by atoms with Gasteiger partial charge in [0.1, 0.15) is 11.3 Å². The Kier molecular flexibility index (Phi) is 5.81. The monoisotopic (exact) mass is 446 g/mol. The number of nitrogens with zero attached hydrogens (tertiary/aromatic N) is 4. The lowest BCUT2D eigenvalue weighted by Gasteiger charge is -2.22. The van der Waals surface area contributed by atoms with Crippen molar-refractivity contribution in [3.05, 3.63) is 110 Å². The second-order valence-electron chi connectivity index (χ2n) is 7.27. The van der Waals surface area contributed by atoms with E-state index in [4.69, 9.17) is 4.74 Å². The Morgan fingerprint density at radius 2 is 1.73 bits per heavy atom. The minimum atomic E-state index is -0.636. The number of carbonyl (C=O) groups is 1. The van der Waals surface area contributed by atoms with E-state index < -0.39 is 21.8 Å². The van der Waals surface area contributed by atoms with Crippen molar-refractivity contribution in [2.24, 2.45) is 5.10 Å². The first-order chi connectivity index (χ1) is 15.9. The fourth-order valence-corrected chi connectivity index (χ4v) is 3.69. The van der Waals surface area contributed by atoms with Gasteiger partial charge >= 0.3 is 0 Å². The molecule has 0 spiro atoms. The highest BCUT2D eigenvalue weighted by Gasteiger charge is 2.36. The molecule has 166 valence electrons. The molecule has 0 aromatic heterocycles. The Balaban J connectivity index is 1.78. The first-order valence-electron chi connectivity index (χ1n) is 9.92. The normalized spacial score (nSPS) is 15.1. The maximum absolute atomic E-state index is 13.4. The van der Waals surface area contributed by atoms with Gasteiger partial charge in [0.25, 0.3) is 17.3 Å². The van der Waals surface area contributed by atoms with Crippen LogP contribution in [-0.4, -0.2) is 33.6 Å². The summed E-state index contributed by atoms with van der Waals surface area (Å²) in [5.41, 5.74) is 1.19. The number of amides is 1. The molecule has 1 amide bonds. The van der Waals surface area contributed by atoms with Gasteiger partial charge in [-0.25, -0.2) is 5.01 Å². The van der Waals surface area contributed by atoms with Gasteiger partial charge in [-0.2, -0.15) is 5.10 Å². The van der Waals surface area contributed by atoms with Gasteiger partial charge < -0.3 is 4.74 Å². The molecule has 1 heterocycles. The van der Waals surface area contributed by atoms with Gasteiger partial charge in [-0.1, -0.05) is 36.4 Å². The van der Waals surface area contributed by atoms with E-state index in [0.717, 1.165) is 5.56 Å². The third kappa shape index (κ3) is 4.26. The van der Waals surface area contributed by atoms with Gasteiger partial charge in [-0.05, 0) is 23.8 Å². The van der Waals surface area contributed by atoms with Crippen LogP contribution in [0.15, 0.2) is 77.9 Å². The third-order valence-electron chi connectivity index (χ3n) is 5.34. The molecule has 10 nitrogen and oxygen atoms in total. The van der Waals surface area contributed by atoms with Crippen molar-refractivity contribution in [1.82, 2.24) is 5.01 Å². The van der Waals surface area contributed by atoms with Gasteiger partial charge in [0.05, 0.1) is 28.7 Å². The first-order valence-corrected chi connectivity index (χ1v) is 9.92. The van der Waals surface area contributed by atoms with Crippen LogP contribution in [0.5, 0.6) is 5.75 Å². The highest BCUT2D eigenvalue weighted by molar-refractivity contribution is 6.06. The number of hydrogen-bond donors (Lipinski definition) is 0. The molecule has 33 heavy (non-hydrogen) atoms. The predicted molar refractivity (Wildman–Crippen MR) is 119 cm³/mol. The van der Waals surface area contributed by atoms with Crippen LogP contribution in [0.4, 0.5) is 11.4 Å². The first kappa shape index (κ1) is 21.6. The Labute approximate surface area is 188 Å². The Morgan fingerprint density at radius 3 is 2.39 bits per heavy atom. The van der Waals surface area contributed by atoms with Gasteiger partial charge in [-0.3, -0.25) is 25.0 Å². The lowest BCUT2D eigenvalue weighted by atomic mass is 9.97. The van der Waals surface area contributed by atoms with Crippen LogP contribution >= 0.6 is 0 Å². The maximum Gasteiger partial charge on any atom is 0.282 e. The average molecular weight is 446 g/mol. The number of nitro benzene ring substituents is 2. The molecule has 1 aliphatic heterocycles. The lowest BCUT2D eigenvalue weighted by molar-refractivity contribution is -0.385. The van der Waals surface area contributed by atoms with Gasteiger partial charge in [-0.15, -0.1) is 0 Å². The van der Waals surface area contributed by atoms with Crippen LogP contribution in [0, 0.1) is 20.2 Å². The Morgan fingerprint density at radius 1 is 1.00 bits per heavy atom. The largest absolute Gasteiger partial charge is 0.497 e. The molecule has 1 aliphatic rings. The van der Waals surface area contributed by atoms with E-state index in [1.807, 2.05) is 0 Å². The summed E-state index contributed by atoms with van der Waals surface area (Å²) in [6.45, 7) is 0. The highest BCUT2D eigenvalue weighted by atomic mass is 16.6. The molecule has 0 saturated carbocycles. The fraction of sp³-hybridized carbons (Fsp3) is 0.130. The second kappa shape index (κ2) is 8.87. The van der Waals surface area contributed by atoms with E-state index in [1.54, 1.807) is 49.6 Å². The minimum absolute atomic E-state index is 0.0925. The summed E-state index contributed by atoms with van der Waals surface area (Å²) in [6.07, 6.45) is 0.278. The number of non-ortho nitro benzene ring substituents is 1. The zero-order valence-electron chi connectivity index (χ0n) is 17.5. The molecule has 10 heteroatoms. The zero-order chi connectivity index (χ0) is 23.5. The van der Waals surface area contributed by atoms with E-state index in [-0.39, 0.29) is 23.4 Å². The number of rotatable bonds is 6. The molecule has 1 unspecified atom stereocenters. The third-order valence-corrected chi connectivity index (χ3v) is 5.34. The molecule has 1 atom stereocenters. The summed E-state index contributed by atoms with van der Waals surface area (Å²) in [5.74, 6) is -0.00306. The van der Waals surface area contributed by atoms with Crippen molar-refractivity contribution in [2.45, 2.75) is 12.5 Å². The van der Waals surface area contributed by atoms with E-state index in [0.29, 0.717) is 17.0 Å². The topological polar surface area (TPSA) is 128 Å². The predicted octanol–water partition coefficient (Wildman–Crippen LogP) is 4.50. The smallest absolute Gasteiger partial charge is 0.282 e. The molecule has 3 aromatic rings. The number of methoxy groups -OCH3 is 1. The number of hydrogen-bond acceptors (Lipinski definition) is 7. The molecule has 0 bridgehead atoms. The summed E-state index contributed by atoms with van der Waals surface area (Å²) in [6, 6.07) is 18.2. The molecule has 0 radical (unpaired) electrons. The molecule has 0 aliphatic carbocycles. The number of nitro groups is 2. The van der Waals surface area contributed by atoms with Crippen molar-refractivity contribution >= 4 is 23.0 Å². The molecule has 0 saturated heterocycles. The number of carbonyl (C=O) groups excluding carboxylic acids is 1. The number of benzene rings is 3. The SMILES string of the molecule is COc1ccc(C2CC(c3cccc([N+](=O)[O-])c3)=NN2C(=O)c2ccccc2[N+](=O)[O-])cc1. The summed E-state index contributed by atoms with van der Waals surface area (Å²) in [5, 5.41) is 28.3.